The smallest absolute Gasteiger partial charge is 0.319 e. The number of halogens is 1. The number of amides is 2. The van der Waals surface area contributed by atoms with Gasteiger partial charge in [0, 0.05) is 6.07 Å². The molecule has 0 bridgehead atoms. The molecule has 0 aromatic heterocycles. The molecule has 0 spiro atoms. The highest BCUT2D eigenvalue weighted by Gasteiger charge is 2.10. The highest BCUT2D eigenvalue weighted by Crippen LogP contribution is 2.25. The van der Waals surface area contributed by atoms with Crippen LogP contribution in [0.1, 0.15) is 13.8 Å². The monoisotopic (exact) mass is 256 g/mol. The number of carbonyl (C=O) groups is 1. The van der Waals surface area contributed by atoms with Gasteiger partial charge in [-0.3, -0.25) is 0 Å². The zero-order chi connectivity index (χ0) is 13.5. The summed E-state index contributed by atoms with van der Waals surface area (Å²) in [5, 5.41) is 13.9. The molecule has 18 heavy (non-hydrogen) atoms. The van der Waals surface area contributed by atoms with Crippen molar-refractivity contribution < 1.29 is 19.0 Å². The summed E-state index contributed by atoms with van der Waals surface area (Å²) >= 11 is 0. The van der Waals surface area contributed by atoms with E-state index in [9.17, 15) is 9.18 Å². The van der Waals surface area contributed by atoms with Crippen molar-refractivity contribution in [3.8, 4) is 5.75 Å². The highest BCUT2D eigenvalue weighted by molar-refractivity contribution is 5.91. The molecule has 0 aliphatic carbocycles. The maximum Gasteiger partial charge on any atom is 0.319 e. The number of carbonyl (C=O) groups excluding carboxylic acids is 1. The second-order valence-electron chi connectivity index (χ2n) is 3.76. The van der Waals surface area contributed by atoms with Gasteiger partial charge in [0.25, 0.3) is 0 Å². The van der Waals surface area contributed by atoms with Gasteiger partial charge in [0.15, 0.2) is 0 Å². The van der Waals surface area contributed by atoms with Gasteiger partial charge in [-0.1, -0.05) is 0 Å². The van der Waals surface area contributed by atoms with Gasteiger partial charge in [-0.25, -0.2) is 9.18 Å². The van der Waals surface area contributed by atoms with Gasteiger partial charge < -0.3 is 20.5 Å². The van der Waals surface area contributed by atoms with Crippen LogP contribution in [0.25, 0.3) is 0 Å². The second kappa shape index (κ2) is 6.80. The summed E-state index contributed by atoms with van der Waals surface area (Å²) in [5.74, 6) is -0.169. The molecule has 1 rings (SSSR count). The van der Waals surface area contributed by atoms with Gasteiger partial charge in [0.1, 0.15) is 11.6 Å². The molecule has 1 aromatic rings. The van der Waals surface area contributed by atoms with E-state index in [1.807, 2.05) is 0 Å². The number of urea groups is 1. The fourth-order valence-electron chi connectivity index (χ4n) is 1.30. The Morgan fingerprint density at radius 1 is 1.56 bits per heavy atom. The van der Waals surface area contributed by atoms with Gasteiger partial charge in [-0.05, 0) is 26.0 Å². The van der Waals surface area contributed by atoms with Gasteiger partial charge >= 0.3 is 6.03 Å². The van der Waals surface area contributed by atoms with Crippen LogP contribution in [0.3, 0.4) is 0 Å². The first-order chi connectivity index (χ1) is 8.56. The van der Waals surface area contributed by atoms with Crippen LogP contribution in [0.2, 0.25) is 0 Å². The van der Waals surface area contributed by atoms with E-state index in [2.05, 4.69) is 10.6 Å². The Labute approximate surface area is 105 Å². The van der Waals surface area contributed by atoms with Crippen LogP contribution in [0.4, 0.5) is 14.9 Å². The van der Waals surface area contributed by atoms with Gasteiger partial charge in [0.2, 0.25) is 0 Å². The van der Waals surface area contributed by atoms with Crippen LogP contribution in [0, 0.1) is 5.82 Å². The molecule has 0 saturated carbocycles. The quantitative estimate of drug-likeness (QED) is 0.751. The average Bonchev–Trinajstić information content (AvgIpc) is 2.32. The number of aliphatic hydroxyl groups excluding tert-OH is 1. The molecule has 0 saturated heterocycles. The van der Waals surface area contributed by atoms with Crippen molar-refractivity contribution in [1.82, 2.24) is 5.32 Å². The SMILES string of the molecule is CCOc1cc(F)ccc1NC(=O)NC(C)CO. The Morgan fingerprint density at radius 2 is 2.28 bits per heavy atom. The van der Waals surface area contributed by atoms with E-state index in [0.29, 0.717) is 12.3 Å². The number of benzene rings is 1. The fourth-order valence-corrected chi connectivity index (χ4v) is 1.30. The zero-order valence-electron chi connectivity index (χ0n) is 10.4. The van der Waals surface area contributed by atoms with Gasteiger partial charge in [0.05, 0.1) is 24.9 Å². The van der Waals surface area contributed by atoms with Gasteiger partial charge in [-0.2, -0.15) is 0 Å². The Balaban J connectivity index is 2.74. The molecule has 3 N–H and O–H groups in total. The molecular weight excluding hydrogens is 239 g/mol. The first-order valence-corrected chi connectivity index (χ1v) is 5.67. The van der Waals surface area contributed by atoms with E-state index in [1.165, 1.54) is 18.2 Å². The maximum atomic E-state index is 13.0. The van der Waals surface area contributed by atoms with Crippen molar-refractivity contribution in [2.45, 2.75) is 19.9 Å². The summed E-state index contributed by atoms with van der Waals surface area (Å²) in [6.45, 7) is 3.64. The summed E-state index contributed by atoms with van der Waals surface area (Å²) < 4.78 is 18.2. The third-order valence-corrected chi connectivity index (χ3v) is 2.14. The van der Waals surface area contributed by atoms with Crippen LogP contribution in [0.5, 0.6) is 5.75 Å². The Kier molecular flexibility index (Phi) is 5.38. The molecule has 0 aliphatic heterocycles. The third kappa shape index (κ3) is 4.21. The van der Waals surface area contributed by atoms with Crippen LogP contribution >= 0.6 is 0 Å². The predicted octanol–water partition coefficient (Wildman–Crippen LogP) is 1.73. The van der Waals surface area contributed by atoms with E-state index >= 15 is 0 Å². The summed E-state index contributed by atoms with van der Waals surface area (Å²) in [4.78, 5) is 11.5. The van der Waals surface area contributed by atoms with Crippen LogP contribution in [0.15, 0.2) is 18.2 Å². The Bertz CT molecular complexity index is 412. The highest BCUT2D eigenvalue weighted by atomic mass is 19.1. The van der Waals surface area contributed by atoms with Crippen molar-refractivity contribution >= 4 is 11.7 Å². The minimum absolute atomic E-state index is 0.158. The molecule has 0 radical (unpaired) electrons. The Hall–Kier alpha value is -1.82. The fraction of sp³-hybridized carbons (Fsp3) is 0.417. The van der Waals surface area contributed by atoms with Crippen LogP contribution in [-0.4, -0.2) is 30.4 Å². The van der Waals surface area contributed by atoms with Crippen LogP contribution in [-0.2, 0) is 0 Å². The number of aliphatic hydroxyl groups is 1. The maximum absolute atomic E-state index is 13.0. The molecule has 0 aliphatic rings. The lowest BCUT2D eigenvalue weighted by atomic mass is 10.3. The molecule has 0 fully saturated rings. The molecule has 100 valence electrons. The Morgan fingerprint density at radius 3 is 2.89 bits per heavy atom. The summed E-state index contributed by atoms with van der Waals surface area (Å²) in [6, 6.07) is 3.01. The standard InChI is InChI=1S/C12H17FN2O3/c1-3-18-11-6-9(13)4-5-10(11)15-12(17)14-8(2)7-16/h4-6,8,16H,3,7H2,1-2H3,(H2,14,15,17). The van der Waals surface area contributed by atoms with Crippen molar-refractivity contribution in [3.63, 3.8) is 0 Å². The lowest BCUT2D eigenvalue weighted by Gasteiger charge is -2.14. The molecular formula is C12H17FN2O3. The lowest BCUT2D eigenvalue weighted by molar-refractivity contribution is 0.229. The normalized spacial score (nSPS) is 11.8. The molecule has 5 nitrogen and oxygen atoms in total. The topological polar surface area (TPSA) is 70.6 Å². The molecule has 1 aromatic carbocycles. The summed E-state index contributed by atoms with van der Waals surface area (Å²) in [6.07, 6.45) is 0. The average molecular weight is 256 g/mol. The third-order valence-electron chi connectivity index (χ3n) is 2.14. The van der Waals surface area contributed by atoms with Crippen molar-refractivity contribution in [2.24, 2.45) is 0 Å². The molecule has 1 unspecified atom stereocenters. The number of anilines is 1. The minimum Gasteiger partial charge on any atom is -0.492 e. The summed E-state index contributed by atoms with van der Waals surface area (Å²) in [7, 11) is 0. The van der Waals surface area contributed by atoms with Crippen molar-refractivity contribution in [1.29, 1.82) is 0 Å². The first kappa shape index (κ1) is 14.2. The molecule has 2 amide bonds. The summed E-state index contributed by atoms with van der Waals surface area (Å²) in [5.41, 5.74) is 0.376. The number of nitrogens with one attached hydrogen (secondary N) is 2. The number of rotatable bonds is 5. The number of hydrogen-bond donors (Lipinski definition) is 3. The van der Waals surface area contributed by atoms with Crippen molar-refractivity contribution in [3.05, 3.63) is 24.0 Å². The first-order valence-electron chi connectivity index (χ1n) is 5.67. The molecule has 1 atom stereocenters. The van der Waals surface area contributed by atoms with Crippen LogP contribution < -0.4 is 15.4 Å². The second-order valence-corrected chi connectivity index (χ2v) is 3.76. The van der Waals surface area contributed by atoms with E-state index < -0.39 is 11.8 Å². The van der Waals surface area contributed by atoms with E-state index in [-0.39, 0.29) is 18.4 Å². The molecule has 6 heteroatoms. The largest absolute Gasteiger partial charge is 0.492 e. The molecule has 0 heterocycles. The van der Waals surface area contributed by atoms with Crippen molar-refractivity contribution in [2.75, 3.05) is 18.5 Å². The lowest BCUT2D eigenvalue weighted by Crippen LogP contribution is -2.38. The van der Waals surface area contributed by atoms with Gasteiger partial charge in [-0.15, -0.1) is 0 Å². The van der Waals surface area contributed by atoms with E-state index in [1.54, 1.807) is 13.8 Å². The number of ether oxygens (including phenoxy) is 1. The van der Waals surface area contributed by atoms with E-state index in [4.69, 9.17) is 9.84 Å². The van der Waals surface area contributed by atoms with E-state index in [0.717, 1.165) is 0 Å². The zero-order valence-corrected chi connectivity index (χ0v) is 10.4. The minimum atomic E-state index is -0.482. The number of hydrogen-bond acceptors (Lipinski definition) is 3. The predicted molar refractivity (Wildman–Crippen MR) is 66.3 cm³/mol.